The van der Waals surface area contributed by atoms with E-state index in [1.54, 1.807) is 31.2 Å². The van der Waals surface area contributed by atoms with Crippen molar-refractivity contribution >= 4 is 17.5 Å². The van der Waals surface area contributed by atoms with Crippen molar-refractivity contribution in [1.29, 1.82) is 0 Å². The molecule has 5 heteroatoms. The fourth-order valence-corrected chi connectivity index (χ4v) is 2.79. The highest BCUT2D eigenvalue weighted by atomic mass is 16.5. The number of hydrogen-bond donors (Lipinski definition) is 2. The molecule has 0 aliphatic rings. The lowest BCUT2D eigenvalue weighted by molar-refractivity contribution is -0.122. The van der Waals surface area contributed by atoms with Gasteiger partial charge in [0, 0.05) is 6.54 Å². The molecule has 2 N–H and O–H groups in total. The van der Waals surface area contributed by atoms with E-state index in [9.17, 15) is 9.59 Å². The predicted octanol–water partition coefficient (Wildman–Crippen LogP) is 4.92. The minimum atomic E-state index is -0.702. The minimum absolute atomic E-state index is 0.0585. The van der Waals surface area contributed by atoms with Crippen molar-refractivity contribution in [1.82, 2.24) is 5.32 Å². The number of nitrogens with one attached hydrogen (secondary N) is 2. The molecular formula is C24H32N2O3. The van der Waals surface area contributed by atoms with E-state index in [2.05, 4.69) is 38.3 Å². The van der Waals surface area contributed by atoms with Gasteiger partial charge in [-0.15, -0.1) is 0 Å². The number of para-hydroxylation sites is 1. The molecule has 156 valence electrons. The van der Waals surface area contributed by atoms with Gasteiger partial charge in [0.2, 0.25) is 0 Å². The molecule has 0 bridgehead atoms. The van der Waals surface area contributed by atoms with Gasteiger partial charge in [-0.1, -0.05) is 58.4 Å². The highest BCUT2D eigenvalue weighted by molar-refractivity contribution is 6.04. The molecule has 5 nitrogen and oxygen atoms in total. The van der Waals surface area contributed by atoms with Crippen LogP contribution in [0.25, 0.3) is 0 Å². The van der Waals surface area contributed by atoms with E-state index >= 15 is 0 Å². The van der Waals surface area contributed by atoms with Crippen LogP contribution in [0.5, 0.6) is 5.75 Å². The van der Waals surface area contributed by atoms with E-state index in [-0.39, 0.29) is 17.2 Å². The zero-order chi connectivity index (χ0) is 21.4. The van der Waals surface area contributed by atoms with Gasteiger partial charge in [0.25, 0.3) is 11.8 Å². The lowest BCUT2D eigenvalue weighted by Gasteiger charge is -2.20. The number of carbonyl (C=O) groups is 2. The summed E-state index contributed by atoms with van der Waals surface area (Å²) in [4.78, 5) is 25.0. The number of ether oxygens (including phenoxy) is 1. The lowest BCUT2D eigenvalue weighted by Crippen LogP contribution is -2.32. The quantitative estimate of drug-likeness (QED) is 0.622. The van der Waals surface area contributed by atoms with Crippen LogP contribution in [0.3, 0.4) is 0 Å². The molecule has 0 radical (unpaired) electrons. The van der Waals surface area contributed by atoms with Gasteiger partial charge in [0.1, 0.15) is 5.75 Å². The highest BCUT2D eigenvalue weighted by Crippen LogP contribution is 2.25. The predicted molar refractivity (Wildman–Crippen MR) is 118 cm³/mol. The second-order valence-corrected chi connectivity index (χ2v) is 8.18. The topological polar surface area (TPSA) is 67.4 Å². The fourth-order valence-electron chi connectivity index (χ4n) is 2.79. The molecule has 0 saturated heterocycles. The summed E-state index contributed by atoms with van der Waals surface area (Å²) in [7, 11) is 0. The average molecular weight is 397 g/mol. The molecule has 0 fully saturated rings. The van der Waals surface area contributed by atoms with Crippen LogP contribution in [0.1, 0.15) is 63.4 Å². The van der Waals surface area contributed by atoms with Gasteiger partial charge in [-0.25, -0.2) is 0 Å². The molecule has 2 aromatic rings. The van der Waals surface area contributed by atoms with Crippen LogP contribution in [0.4, 0.5) is 5.69 Å². The lowest BCUT2D eigenvalue weighted by atomic mass is 9.87. The molecule has 1 atom stereocenters. The van der Waals surface area contributed by atoms with Gasteiger partial charge in [0.15, 0.2) is 6.10 Å². The molecule has 2 amide bonds. The van der Waals surface area contributed by atoms with Gasteiger partial charge in [0.05, 0.1) is 11.3 Å². The molecule has 0 unspecified atom stereocenters. The Labute approximate surface area is 173 Å². The molecule has 0 saturated carbocycles. The molecule has 0 aromatic heterocycles. The third kappa shape index (κ3) is 6.63. The second-order valence-electron chi connectivity index (χ2n) is 8.18. The zero-order valence-corrected chi connectivity index (χ0v) is 18.0. The Hall–Kier alpha value is -2.82. The number of hydrogen-bond acceptors (Lipinski definition) is 3. The van der Waals surface area contributed by atoms with Crippen LogP contribution in [0.2, 0.25) is 0 Å². The summed E-state index contributed by atoms with van der Waals surface area (Å²) in [6.45, 7) is 10.8. The van der Waals surface area contributed by atoms with E-state index in [0.29, 0.717) is 23.5 Å². The third-order valence-corrected chi connectivity index (χ3v) is 4.65. The highest BCUT2D eigenvalue weighted by Gasteiger charge is 2.19. The standard InChI is InChI=1S/C24H32N2O3/c1-6-7-16-25-23(28)20-10-8-9-11-21(20)26-22(27)17(2)29-19-14-12-18(13-15-19)24(3,4)5/h8-15,17H,6-7,16H2,1-5H3,(H,25,28)(H,26,27)/t17-/m0/s1. The number of unbranched alkanes of at least 4 members (excludes halogenated alkanes) is 1. The van der Waals surface area contributed by atoms with Crippen molar-refractivity contribution in [3.05, 3.63) is 59.7 Å². The molecular weight excluding hydrogens is 364 g/mol. The van der Waals surface area contributed by atoms with Gasteiger partial charge in [-0.2, -0.15) is 0 Å². The molecule has 0 aliphatic heterocycles. The maximum absolute atomic E-state index is 12.6. The monoisotopic (exact) mass is 396 g/mol. The number of rotatable bonds is 8. The summed E-state index contributed by atoms with van der Waals surface area (Å²) in [5.41, 5.74) is 2.18. The first kappa shape index (κ1) is 22.5. The molecule has 0 heterocycles. The molecule has 0 spiro atoms. The number of amides is 2. The van der Waals surface area contributed by atoms with Crippen molar-refractivity contribution in [2.75, 3.05) is 11.9 Å². The Bertz CT molecular complexity index is 823. The first-order chi connectivity index (χ1) is 13.7. The summed E-state index contributed by atoms with van der Waals surface area (Å²) in [6, 6.07) is 14.8. The van der Waals surface area contributed by atoms with E-state index < -0.39 is 6.10 Å². The average Bonchev–Trinajstić information content (AvgIpc) is 2.68. The van der Waals surface area contributed by atoms with Crippen molar-refractivity contribution in [3.8, 4) is 5.75 Å². The van der Waals surface area contributed by atoms with Crippen LogP contribution < -0.4 is 15.4 Å². The fraction of sp³-hybridized carbons (Fsp3) is 0.417. The van der Waals surface area contributed by atoms with Crippen LogP contribution in [0, 0.1) is 0 Å². The Balaban J connectivity index is 2.02. The first-order valence-corrected chi connectivity index (χ1v) is 10.2. The van der Waals surface area contributed by atoms with E-state index in [1.807, 2.05) is 24.3 Å². The summed E-state index contributed by atoms with van der Waals surface area (Å²) in [5.74, 6) is 0.130. The summed E-state index contributed by atoms with van der Waals surface area (Å²) < 4.78 is 5.78. The minimum Gasteiger partial charge on any atom is -0.481 e. The largest absolute Gasteiger partial charge is 0.481 e. The summed E-state index contributed by atoms with van der Waals surface area (Å²) in [6.07, 6.45) is 1.22. The Kier molecular flexibility index (Phi) is 7.82. The maximum Gasteiger partial charge on any atom is 0.265 e. The number of anilines is 1. The Morgan fingerprint density at radius 2 is 1.69 bits per heavy atom. The maximum atomic E-state index is 12.6. The SMILES string of the molecule is CCCCNC(=O)c1ccccc1NC(=O)[C@H](C)Oc1ccc(C(C)(C)C)cc1. The number of carbonyl (C=O) groups excluding carboxylic acids is 2. The van der Waals surface area contributed by atoms with Gasteiger partial charge in [-0.05, 0) is 48.6 Å². The van der Waals surface area contributed by atoms with Crippen LogP contribution in [-0.4, -0.2) is 24.5 Å². The van der Waals surface area contributed by atoms with E-state index in [4.69, 9.17) is 4.74 Å². The van der Waals surface area contributed by atoms with Gasteiger partial charge >= 0.3 is 0 Å². The normalized spacial score (nSPS) is 12.2. The van der Waals surface area contributed by atoms with Crippen molar-refractivity contribution in [3.63, 3.8) is 0 Å². The number of benzene rings is 2. The van der Waals surface area contributed by atoms with E-state index in [0.717, 1.165) is 12.8 Å². The second kappa shape index (κ2) is 10.1. The van der Waals surface area contributed by atoms with Crippen LogP contribution in [-0.2, 0) is 10.2 Å². The first-order valence-electron chi connectivity index (χ1n) is 10.2. The molecule has 0 aliphatic carbocycles. The summed E-state index contributed by atoms with van der Waals surface area (Å²) in [5, 5.41) is 5.69. The van der Waals surface area contributed by atoms with Crippen LogP contribution in [0.15, 0.2) is 48.5 Å². The zero-order valence-electron chi connectivity index (χ0n) is 18.0. The Morgan fingerprint density at radius 1 is 1.03 bits per heavy atom. The molecule has 29 heavy (non-hydrogen) atoms. The smallest absolute Gasteiger partial charge is 0.265 e. The van der Waals surface area contributed by atoms with Crippen LogP contribution >= 0.6 is 0 Å². The van der Waals surface area contributed by atoms with E-state index in [1.165, 1.54) is 5.56 Å². The Morgan fingerprint density at radius 3 is 2.31 bits per heavy atom. The molecule has 2 aromatic carbocycles. The van der Waals surface area contributed by atoms with Crippen molar-refractivity contribution in [2.24, 2.45) is 0 Å². The van der Waals surface area contributed by atoms with Gasteiger partial charge in [-0.3, -0.25) is 9.59 Å². The third-order valence-electron chi connectivity index (χ3n) is 4.65. The van der Waals surface area contributed by atoms with Crippen molar-refractivity contribution in [2.45, 2.75) is 59.0 Å². The summed E-state index contributed by atoms with van der Waals surface area (Å²) >= 11 is 0. The van der Waals surface area contributed by atoms with Gasteiger partial charge < -0.3 is 15.4 Å². The molecule has 2 rings (SSSR count). The van der Waals surface area contributed by atoms with Crippen molar-refractivity contribution < 1.29 is 14.3 Å².